The zero-order valence-corrected chi connectivity index (χ0v) is 16.6. The Morgan fingerprint density at radius 2 is 2.04 bits per heavy atom. The summed E-state index contributed by atoms with van der Waals surface area (Å²) in [6, 6.07) is 12.2. The lowest BCUT2D eigenvalue weighted by Gasteiger charge is -2.09. The van der Waals surface area contributed by atoms with Crippen LogP contribution in [-0.2, 0) is 9.53 Å². The zero-order valence-electron chi connectivity index (χ0n) is 14.5. The van der Waals surface area contributed by atoms with E-state index in [0.29, 0.717) is 13.2 Å². The number of methoxy groups -OCH3 is 1. The van der Waals surface area contributed by atoms with E-state index < -0.39 is 5.91 Å². The van der Waals surface area contributed by atoms with Crippen LogP contribution in [-0.4, -0.2) is 30.7 Å². The molecule has 2 rings (SSSR count). The van der Waals surface area contributed by atoms with Gasteiger partial charge < -0.3 is 14.6 Å². The van der Waals surface area contributed by atoms with Crippen LogP contribution in [0.25, 0.3) is 11.8 Å². The zero-order chi connectivity index (χ0) is 18.4. The minimum Gasteiger partial charge on any atom is -0.383 e. The van der Waals surface area contributed by atoms with Crippen LogP contribution in [0.2, 0.25) is 0 Å². The van der Waals surface area contributed by atoms with E-state index in [-0.39, 0.29) is 5.57 Å². The maximum atomic E-state index is 12.1. The van der Waals surface area contributed by atoms with Gasteiger partial charge in [0.1, 0.15) is 11.6 Å². The number of amides is 1. The number of ether oxygens (including phenoxy) is 1. The number of halogens is 1. The summed E-state index contributed by atoms with van der Waals surface area (Å²) in [5, 5.41) is 12.0. The summed E-state index contributed by atoms with van der Waals surface area (Å²) in [7, 11) is 1.56. The fourth-order valence-electron chi connectivity index (χ4n) is 2.59. The van der Waals surface area contributed by atoms with E-state index >= 15 is 0 Å². The molecule has 0 aliphatic heterocycles. The van der Waals surface area contributed by atoms with Crippen LogP contribution in [0.4, 0.5) is 0 Å². The number of aryl methyl sites for hydroxylation is 1. The number of hydrogen-bond acceptors (Lipinski definition) is 3. The van der Waals surface area contributed by atoms with Gasteiger partial charge in [0.05, 0.1) is 6.61 Å². The maximum absolute atomic E-state index is 12.1. The van der Waals surface area contributed by atoms with Gasteiger partial charge in [0.2, 0.25) is 0 Å². The molecule has 6 heteroatoms. The number of nitrogens with one attached hydrogen (secondary N) is 1. The van der Waals surface area contributed by atoms with Gasteiger partial charge in [0.25, 0.3) is 5.91 Å². The highest BCUT2D eigenvalue weighted by Gasteiger charge is 2.13. The standard InChI is InChI=1S/C19H20IN3O2/c1-13-10-15(11-16(12-21)19(24)22-8-9-25-3)14(2)23(13)18-6-4-17(20)5-7-18/h4-7,10-11H,8-9H2,1-3H3,(H,22,24)/b16-11-. The molecule has 130 valence electrons. The molecule has 0 fully saturated rings. The number of hydrogen-bond donors (Lipinski definition) is 1. The van der Waals surface area contributed by atoms with Crippen molar-refractivity contribution in [2.45, 2.75) is 13.8 Å². The first-order valence-corrected chi connectivity index (χ1v) is 8.89. The third-order valence-electron chi connectivity index (χ3n) is 3.81. The quantitative estimate of drug-likeness (QED) is 0.318. The molecule has 1 N–H and O–H groups in total. The Morgan fingerprint density at radius 3 is 2.64 bits per heavy atom. The lowest BCUT2D eigenvalue weighted by atomic mass is 10.1. The fraction of sp³-hybridized carbons (Fsp3) is 0.263. The van der Waals surface area contributed by atoms with Crippen LogP contribution >= 0.6 is 22.6 Å². The van der Waals surface area contributed by atoms with Crippen LogP contribution in [0.1, 0.15) is 17.0 Å². The van der Waals surface area contributed by atoms with Crippen LogP contribution < -0.4 is 5.32 Å². The van der Waals surface area contributed by atoms with Gasteiger partial charge in [-0.2, -0.15) is 5.26 Å². The Kier molecular flexibility index (Phi) is 6.79. The number of nitriles is 1. The highest BCUT2D eigenvalue weighted by atomic mass is 127. The Hall–Kier alpha value is -2.11. The van der Waals surface area contributed by atoms with Gasteiger partial charge in [0.15, 0.2) is 0 Å². The van der Waals surface area contributed by atoms with Crippen molar-refractivity contribution in [2.75, 3.05) is 20.3 Å². The second-order valence-corrected chi connectivity index (χ2v) is 6.80. The minimum atomic E-state index is -0.390. The third-order valence-corrected chi connectivity index (χ3v) is 4.53. The molecule has 0 saturated heterocycles. The van der Waals surface area contributed by atoms with Gasteiger partial charge >= 0.3 is 0 Å². The largest absolute Gasteiger partial charge is 0.383 e. The van der Waals surface area contributed by atoms with Gasteiger partial charge in [-0.05, 0) is 78.4 Å². The van der Waals surface area contributed by atoms with Crippen LogP contribution in [0, 0.1) is 28.7 Å². The normalized spacial score (nSPS) is 11.2. The first-order valence-electron chi connectivity index (χ1n) is 7.81. The van der Waals surface area contributed by atoms with E-state index in [4.69, 9.17) is 4.74 Å². The predicted molar refractivity (Wildman–Crippen MR) is 106 cm³/mol. The van der Waals surface area contributed by atoms with E-state index in [0.717, 1.165) is 22.6 Å². The summed E-state index contributed by atoms with van der Waals surface area (Å²) in [4.78, 5) is 12.1. The molecule has 0 saturated carbocycles. The summed E-state index contributed by atoms with van der Waals surface area (Å²) in [6.45, 7) is 4.77. The second-order valence-electron chi connectivity index (χ2n) is 5.56. The summed E-state index contributed by atoms with van der Waals surface area (Å²) in [5.74, 6) is -0.390. The van der Waals surface area contributed by atoms with E-state index in [2.05, 4.69) is 44.6 Å². The lowest BCUT2D eigenvalue weighted by molar-refractivity contribution is -0.117. The van der Waals surface area contributed by atoms with Crippen molar-refractivity contribution in [3.63, 3.8) is 0 Å². The summed E-state index contributed by atoms with van der Waals surface area (Å²) < 4.78 is 8.18. The van der Waals surface area contributed by atoms with E-state index in [1.54, 1.807) is 13.2 Å². The van der Waals surface area contributed by atoms with Crippen molar-refractivity contribution >= 4 is 34.6 Å². The molecule has 2 aromatic rings. The Balaban J connectivity index is 2.33. The van der Waals surface area contributed by atoms with Crippen molar-refractivity contribution in [2.24, 2.45) is 0 Å². The van der Waals surface area contributed by atoms with Gasteiger partial charge in [-0.15, -0.1) is 0 Å². The molecule has 1 heterocycles. The molecular formula is C19H20IN3O2. The number of nitrogens with zero attached hydrogens (tertiary/aromatic N) is 2. The molecule has 1 aromatic carbocycles. The number of aromatic nitrogens is 1. The fourth-order valence-corrected chi connectivity index (χ4v) is 2.95. The van der Waals surface area contributed by atoms with Gasteiger partial charge in [-0.3, -0.25) is 4.79 Å². The predicted octanol–water partition coefficient (Wildman–Crippen LogP) is 3.37. The summed E-state index contributed by atoms with van der Waals surface area (Å²) in [5.41, 5.74) is 4.02. The maximum Gasteiger partial charge on any atom is 0.262 e. The molecule has 1 amide bonds. The number of rotatable bonds is 6. The number of benzene rings is 1. The average Bonchev–Trinajstić information content (AvgIpc) is 2.87. The van der Waals surface area contributed by atoms with E-state index in [1.807, 2.05) is 38.1 Å². The molecule has 0 bridgehead atoms. The Bertz CT molecular complexity index is 830. The molecule has 0 atom stereocenters. The molecule has 25 heavy (non-hydrogen) atoms. The van der Waals surface area contributed by atoms with Crippen molar-refractivity contribution in [3.05, 3.63) is 56.4 Å². The molecule has 0 radical (unpaired) electrons. The topological polar surface area (TPSA) is 67.0 Å². The van der Waals surface area contributed by atoms with Crippen molar-refractivity contribution in [3.8, 4) is 11.8 Å². The van der Waals surface area contributed by atoms with Crippen LogP contribution in [0.5, 0.6) is 0 Å². The molecule has 0 spiro atoms. The minimum absolute atomic E-state index is 0.0824. The van der Waals surface area contributed by atoms with E-state index in [1.165, 1.54) is 3.57 Å². The first-order chi connectivity index (χ1) is 12.0. The SMILES string of the molecule is COCCNC(=O)/C(C#N)=C\c1cc(C)n(-c2ccc(I)cc2)c1C. The van der Waals surface area contributed by atoms with E-state index in [9.17, 15) is 10.1 Å². The molecule has 0 aliphatic rings. The summed E-state index contributed by atoms with van der Waals surface area (Å²) in [6.07, 6.45) is 1.63. The second kappa shape index (κ2) is 8.83. The van der Waals surface area contributed by atoms with Crippen molar-refractivity contribution in [1.29, 1.82) is 5.26 Å². The Labute approximate surface area is 161 Å². The van der Waals surface area contributed by atoms with Crippen molar-refractivity contribution in [1.82, 2.24) is 9.88 Å². The number of carbonyl (C=O) groups is 1. The van der Waals surface area contributed by atoms with Crippen molar-refractivity contribution < 1.29 is 9.53 Å². The molecular weight excluding hydrogens is 429 g/mol. The molecule has 0 unspecified atom stereocenters. The highest BCUT2D eigenvalue weighted by Crippen LogP contribution is 2.23. The van der Waals surface area contributed by atoms with Gasteiger partial charge in [-0.1, -0.05) is 0 Å². The highest BCUT2D eigenvalue weighted by molar-refractivity contribution is 14.1. The summed E-state index contributed by atoms with van der Waals surface area (Å²) >= 11 is 2.27. The van der Waals surface area contributed by atoms with Crippen LogP contribution in [0.15, 0.2) is 35.9 Å². The molecule has 5 nitrogen and oxygen atoms in total. The average molecular weight is 449 g/mol. The third kappa shape index (κ3) is 4.71. The monoisotopic (exact) mass is 449 g/mol. The van der Waals surface area contributed by atoms with Gasteiger partial charge in [-0.25, -0.2) is 0 Å². The smallest absolute Gasteiger partial charge is 0.262 e. The van der Waals surface area contributed by atoms with Crippen LogP contribution in [0.3, 0.4) is 0 Å². The number of carbonyl (C=O) groups excluding carboxylic acids is 1. The molecule has 0 aliphatic carbocycles. The lowest BCUT2D eigenvalue weighted by Crippen LogP contribution is -2.27. The first kappa shape index (κ1) is 19.2. The Morgan fingerprint density at radius 1 is 1.36 bits per heavy atom. The van der Waals surface area contributed by atoms with Gasteiger partial charge in [0, 0.05) is 34.3 Å². The molecule has 1 aromatic heterocycles.